The number of likely N-dealkylation sites (tertiary alicyclic amines) is 1. The van der Waals surface area contributed by atoms with Crippen molar-refractivity contribution in [2.75, 3.05) is 20.2 Å². The SMILES string of the molecule is CN1CCC[C@H]1COc1cnc(Cl)c(/C=C/c2ccncc2)c1.Cl.Cl. The van der Waals surface area contributed by atoms with E-state index >= 15 is 0 Å². The third-order valence-corrected chi connectivity index (χ3v) is 4.43. The van der Waals surface area contributed by atoms with Crippen LogP contribution in [-0.4, -0.2) is 41.1 Å². The van der Waals surface area contributed by atoms with Crippen LogP contribution in [0, 0.1) is 0 Å². The first-order valence-electron chi connectivity index (χ1n) is 7.79. The van der Waals surface area contributed by atoms with E-state index in [0.717, 1.165) is 23.4 Å². The summed E-state index contributed by atoms with van der Waals surface area (Å²) in [7, 11) is 2.14. The van der Waals surface area contributed by atoms with E-state index in [2.05, 4.69) is 21.9 Å². The van der Waals surface area contributed by atoms with E-state index in [9.17, 15) is 0 Å². The molecular formula is C18H22Cl3N3O. The van der Waals surface area contributed by atoms with Crippen LogP contribution >= 0.6 is 36.4 Å². The zero-order chi connectivity index (χ0) is 16.1. The van der Waals surface area contributed by atoms with E-state index < -0.39 is 0 Å². The fourth-order valence-corrected chi connectivity index (χ4v) is 2.85. The molecule has 1 aliphatic heterocycles. The normalized spacial score (nSPS) is 17.1. The van der Waals surface area contributed by atoms with Crippen LogP contribution in [0.1, 0.15) is 24.0 Å². The molecular weight excluding hydrogens is 381 g/mol. The van der Waals surface area contributed by atoms with E-state index in [1.165, 1.54) is 12.8 Å². The Bertz CT molecular complexity index is 683. The Hall–Kier alpha value is -1.33. The maximum absolute atomic E-state index is 6.17. The Morgan fingerprint density at radius 2 is 2.04 bits per heavy atom. The maximum Gasteiger partial charge on any atom is 0.138 e. The molecule has 1 atom stereocenters. The number of ether oxygens (including phenoxy) is 1. The molecule has 1 fully saturated rings. The smallest absolute Gasteiger partial charge is 0.138 e. The molecule has 136 valence electrons. The van der Waals surface area contributed by atoms with Crippen molar-refractivity contribution in [2.45, 2.75) is 18.9 Å². The van der Waals surface area contributed by atoms with E-state index in [1.54, 1.807) is 18.6 Å². The Morgan fingerprint density at radius 3 is 2.72 bits per heavy atom. The summed E-state index contributed by atoms with van der Waals surface area (Å²) in [4.78, 5) is 10.6. The minimum atomic E-state index is 0. The number of aromatic nitrogens is 2. The van der Waals surface area contributed by atoms with Gasteiger partial charge in [-0.2, -0.15) is 0 Å². The highest BCUT2D eigenvalue weighted by Gasteiger charge is 2.21. The Kier molecular flexibility index (Phi) is 9.22. The van der Waals surface area contributed by atoms with Crippen molar-refractivity contribution in [3.05, 3.63) is 53.1 Å². The third kappa shape index (κ3) is 6.15. The highest BCUT2D eigenvalue weighted by atomic mass is 35.5. The summed E-state index contributed by atoms with van der Waals surface area (Å²) in [6, 6.07) is 6.30. The van der Waals surface area contributed by atoms with Gasteiger partial charge < -0.3 is 9.64 Å². The fourth-order valence-electron chi connectivity index (χ4n) is 2.68. The second-order valence-electron chi connectivity index (χ2n) is 5.75. The summed E-state index contributed by atoms with van der Waals surface area (Å²) < 4.78 is 5.90. The van der Waals surface area contributed by atoms with Gasteiger partial charge in [0.05, 0.1) is 6.20 Å². The second-order valence-corrected chi connectivity index (χ2v) is 6.11. The van der Waals surface area contributed by atoms with Crippen LogP contribution in [0.15, 0.2) is 36.8 Å². The van der Waals surface area contributed by atoms with Crippen molar-refractivity contribution in [1.82, 2.24) is 14.9 Å². The van der Waals surface area contributed by atoms with E-state index in [0.29, 0.717) is 17.8 Å². The van der Waals surface area contributed by atoms with Gasteiger partial charge in [-0.15, -0.1) is 24.8 Å². The first kappa shape index (κ1) is 21.7. The summed E-state index contributed by atoms with van der Waals surface area (Å²) in [6.07, 6.45) is 11.6. The number of halogens is 3. The average molecular weight is 403 g/mol. The minimum absolute atomic E-state index is 0. The van der Waals surface area contributed by atoms with Crippen LogP contribution in [0.4, 0.5) is 0 Å². The largest absolute Gasteiger partial charge is 0.490 e. The molecule has 0 saturated carbocycles. The lowest BCUT2D eigenvalue weighted by atomic mass is 10.2. The fraction of sp³-hybridized carbons (Fsp3) is 0.333. The Balaban J connectivity index is 0.00000156. The van der Waals surface area contributed by atoms with Gasteiger partial charge in [0.15, 0.2) is 0 Å². The van der Waals surface area contributed by atoms with Gasteiger partial charge in [0, 0.05) is 24.0 Å². The lowest BCUT2D eigenvalue weighted by molar-refractivity contribution is 0.198. The quantitative estimate of drug-likeness (QED) is 0.684. The van der Waals surface area contributed by atoms with Crippen molar-refractivity contribution in [3.8, 4) is 5.75 Å². The molecule has 0 aliphatic carbocycles. The molecule has 2 aromatic rings. The first-order valence-corrected chi connectivity index (χ1v) is 8.17. The number of likely N-dealkylation sites (N-methyl/N-ethyl adjacent to an activating group) is 1. The lowest BCUT2D eigenvalue weighted by Gasteiger charge is -2.19. The molecule has 0 bridgehead atoms. The van der Waals surface area contributed by atoms with Gasteiger partial charge in [0.25, 0.3) is 0 Å². The summed E-state index contributed by atoms with van der Waals surface area (Å²) in [5.41, 5.74) is 1.91. The zero-order valence-corrected chi connectivity index (χ0v) is 16.4. The molecule has 0 spiro atoms. The van der Waals surface area contributed by atoms with Crippen molar-refractivity contribution in [1.29, 1.82) is 0 Å². The summed E-state index contributed by atoms with van der Waals surface area (Å²) in [5.74, 6) is 0.754. The zero-order valence-electron chi connectivity index (χ0n) is 14.0. The second kappa shape index (κ2) is 10.6. The molecule has 7 heteroatoms. The topological polar surface area (TPSA) is 38.2 Å². The first-order chi connectivity index (χ1) is 11.2. The summed E-state index contributed by atoms with van der Waals surface area (Å²) in [6.45, 7) is 1.83. The van der Waals surface area contributed by atoms with E-state index in [1.807, 2.05) is 30.4 Å². The number of rotatable bonds is 5. The predicted octanol–water partition coefficient (Wildman–Crippen LogP) is 4.62. The monoisotopic (exact) mass is 401 g/mol. The molecule has 0 radical (unpaired) electrons. The van der Waals surface area contributed by atoms with Gasteiger partial charge in [0.1, 0.15) is 17.5 Å². The Morgan fingerprint density at radius 1 is 1.28 bits per heavy atom. The standard InChI is InChI=1S/C18H20ClN3O.2ClH/c1-22-10-2-3-16(22)13-23-17-11-15(18(19)21-12-17)5-4-14-6-8-20-9-7-14;;/h4-9,11-12,16H,2-3,10,13H2,1H3;2*1H/b5-4+;;/t16-;;/m0../s1. The van der Waals surface area contributed by atoms with Crippen molar-refractivity contribution >= 4 is 48.6 Å². The van der Waals surface area contributed by atoms with Gasteiger partial charge >= 0.3 is 0 Å². The lowest BCUT2D eigenvalue weighted by Crippen LogP contribution is -2.30. The number of pyridine rings is 2. The summed E-state index contributed by atoms with van der Waals surface area (Å²) in [5, 5.41) is 0.473. The maximum atomic E-state index is 6.17. The predicted molar refractivity (Wildman–Crippen MR) is 108 cm³/mol. The van der Waals surface area contributed by atoms with Crippen LogP contribution in [0.2, 0.25) is 5.15 Å². The van der Waals surface area contributed by atoms with E-state index in [-0.39, 0.29) is 24.8 Å². The Labute approximate surface area is 166 Å². The average Bonchev–Trinajstić information content (AvgIpc) is 2.99. The highest BCUT2D eigenvalue weighted by Crippen LogP contribution is 2.23. The molecule has 4 nitrogen and oxygen atoms in total. The molecule has 25 heavy (non-hydrogen) atoms. The number of hydrogen-bond acceptors (Lipinski definition) is 4. The van der Waals surface area contributed by atoms with Gasteiger partial charge in [-0.3, -0.25) is 4.98 Å². The van der Waals surface area contributed by atoms with Gasteiger partial charge in [0.2, 0.25) is 0 Å². The summed E-state index contributed by atoms with van der Waals surface area (Å²) >= 11 is 6.17. The number of hydrogen-bond donors (Lipinski definition) is 0. The highest BCUT2D eigenvalue weighted by molar-refractivity contribution is 6.31. The third-order valence-electron chi connectivity index (χ3n) is 4.12. The van der Waals surface area contributed by atoms with Crippen LogP contribution in [-0.2, 0) is 0 Å². The number of nitrogens with zero attached hydrogens (tertiary/aromatic N) is 3. The molecule has 0 aromatic carbocycles. The van der Waals surface area contributed by atoms with Gasteiger partial charge in [-0.05, 0) is 50.2 Å². The van der Waals surface area contributed by atoms with Crippen LogP contribution in [0.5, 0.6) is 5.75 Å². The van der Waals surface area contributed by atoms with Crippen LogP contribution in [0.3, 0.4) is 0 Å². The van der Waals surface area contributed by atoms with Crippen LogP contribution < -0.4 is 4.74 Å². The van der Waals surface area contributed by atoms with Crippen molar-refractivity contribution in [2.24, 2.45) is 0 Å². The van der Waals surface area contributed by atoms with Crippen LogP contribution in [0.25, 0.3) is 12.2 Å². The molecule has 3 heterocycles. The molecule has 0 unspecified atom stereocenters. The molecule has 0 amide bonds. The van der Waals surface area contributed by atoms with Gasteiger partial charge in [-0.25, -0.2) is 4.98 Å². The minimum Gasteiger partial charge on any atom is -0.490 e. The molecule has 2 aromatic heterocycles. The van der Waals surface area contributed by atoms with Crippen molar-refractivity contribution < 1.29 is 4.74 Å². The van der Waals surface area contributed by atoms with Crippen molar-refractivity contribution in [3.63, 3.8) is 0 Å². The van der Waals surface area contributed by atoms with Gasteiger partial charge in [-0.1, -0.05) is 23.8 Å². The molecule has 1 saturated heterocycles. The molecule has 3 rings (SSSR count). The molecule has 0 N–H and O–H groups in total. The van der Waals surface area contributed by atoms with E-state index in [4.69, 9.17) is 16.3 Å². The molecule has 1 aliphatic rings.